The molecule has 0 spiro atoms. The van der Waals surface area contributed by atoms with Crippen LogP contribution in [-0.2, 0) is 0 Å². The molecule has 0 bridgehead atoms. The summed E-state index contributed by atoms with van der Waals surface area (Å²) in [6.45, 7) is 0. The van der Waals surface area contributed by atoms with Crippen LogP contribution in [0.1, 0.15) is 11.6 Å². The number of alkyl halides is 3. The van der Waals surface area contributed by atoms with Crippen molar-refractivity contribution in [2.45, 2.75) is 12.2 Å². The average Bonchev–Trinajstić information content (AvgIpc) is 1.99. The molecular weight excluding hydrogens is 224 g/mol. The quantitative estimate of drug-likeness (QED) is 0.736. The van der Waals surface area contributed by atoms with Crippen LogP contribution in [0.5, 0.6) is 0 Å². The summed E-state index contributed by atoms with van der Waals surface area (Å²) in [5.74, 6) is -4.61. The largest absolute Gasteiger partial charge is 0.407 e. The third-order valence-electron chi connectivity index (χ3n) is 1.71. The Morgan fingerprint density at radius 1 is 1.00 bits per heavy atom. The SMILES string of the molecule is NC(c1c(F)cc(F)cc1F)C(F)(F)F. The van der Waals surface area contributed by atoms with Gasteiger partial charge in [-0.15, -0.1) is 0 Å². The first-order valence-electron chi connectivity index (χ1n) is 3.70. The van der Waals surface area contributed by atoms with Crippen LogP contribution in [0.25, 0.3) is 0 Å². The number of nitrogens with two attached hydrogens (primary N) is 1. The third kappa shape index (κ3) is 2.41. The molecule has 0 amide bonds. The minimum atomic E-state index is -4.99. The molecule has 0 saturated carbocycles. The lowest BCUT2D eigenvalue weighted by atomic mass is 10.1. The average molecular weight is 229 g/mol. The molecule has 15 heavy (non-hydrogen) atoms. The van der Waals surface area contributed by atoms with Gasteiger partial charge in [0.05, 0.1) is 0 Å². The van der Waals surface area contributed by atoms with Gasteiger partial charge in [0.1, 0.15) is 23.5 Å². The lowest BCUT2D eigenvalue weighted by molar-refractivity contribution is -0.150. The van der Waals surface area contributed by atoms with Crippen molar-refractivity contribution in [1.29, 1.82) is 0 Å². The van der Waals surface area contributed by atoms with E-state index >= 15 is 0 Å². The molecule has 0 aliphatic heterocycles. The first kappa shape index (κ1) is 11.8. The van der Waals surface area contributed by atoms with Crippen LogP contribution in [0.4, 0.5) is 26.3 Å². The highest BCUT2D eigenvalue weighted by molar-refractivity contribution is 5.25. The van der Waals surface area contributed by atoms with Gasteiger partial charge in [-0.05, 0) is 0 Å². The van der Waals surface area contributed by atoms with Gasteiger partial charge in [-0.1, -0.05) is 0 Å². The molecule has 2 N–H and O–H groups in total. The molecule has 0 aromatic heterocycles. The zero-order valence-electron chi connectivity index (χ0n) is 7.08. The summed E-state index contributed by atoms with van der Waals surface area (Å²) in [6, 6.07) is -2.52. The fourth-order valence-corrected chi connectivity index (χ4v) is 1.01. The van der Waals surface area contributed by atoms with Gasteiger partial charge in [0.2, 0.25) is 0 Å². The molecule has 1 unspecified atom stereocenters. The van der Waals surface area contributed by atoms with Gasteiger partial charge >= 0.3 is 6.18 Å². The van der Waals surface area contributed by atoms with Crippen LogP contribution < -0.4 is 5.73 Å². The highest BCUT2D eigenvalue weighted by Crippen LogP contribution is 2.33. The fourth-order valence-electron chi connectivity index (χ4n) is 1.01. The Morgan fingerprint density at radius 2 is 1.40 bits per heavy atom. The molecule has 0 aliphatic rings. The van der Waals surface area contributed by atoms with Gasteiger partial charge in [0.25, 0.3) is 0 Å². The Hall–Kier alpha value is -1.24. The normalized spacial score (nSPS) is 14.1. The summed E-state index contributed by atoms with van der Waals surface area (Å²) in [7, 11) is 0. The van der Waals surface area contributed by atoms with E-state index < -0.39 is 35.2 Å². The summed E-state index contributed by atoms with van der Waals surface area (Å²) < 4.78 is 74.2. The van der Waals surface area contributed by atoms with Crippen molar-refractivity contribution in [3.05, 3.63) is 35.1 Å². The van der Waals surface area contributed by atoms with Crippen LogP contribution in [0.2, 0.25) is 0 Å². The number of rotatable bonds is 1. The first-order chi connectivity index (χ1) is 6.73. The predicted molar refractivity (Wildman–Crippen MR) is 39.3 cm³/mol. The lowest BCUT2D eigenvalue weighted by Crippen LogP contribution is -2.30. The second-order valence-electron chi connectivity index (χ2n) is 2.80. The number of benzene rings is 1. The van der Waals surface area contributed by atoms with Crippen molar-refractivity contribution in [2.24, 2.45) is 5.73 Å². The maximum absolute atomic E-state index is 12.8. The minimum Gasteiger partial charge on any atom is -0.316 e. The molecule has 0 saturated heterocycles. The maximum Gasteiger partial charge on any atom is 0.407 e. The van der Waals surface area contributed by atoms with Crippen molar-refractivity contribution in [3.8, 4) is 0 Å². The van der Waals surface area contributed by atoms with Crippen molar-refractivity contribution in [2.75, 3.05) is 0 Å². The van der Waals surface area contributed by atoms with Crippen molar-refractivity contribution < 1.29 is 26.3 Å². The van der Waals surface area contributed by atoms with Crippen LogP contribution in [0, 0.1) is 17.5 Å². The Balaban J connectivity index is 3.26. The van der Waals surface area contributed by atoms with E-state index in [2.05, 4.69) is 5.73 Å². The molecule has 1 rings (SSSR count). The number of halogens is 6. The maximum atomic E-state index is 12.8. The molecule has 7 heteroatoms. The standard InChI is InChI=1S/C8H5F6N/c9-3-1-4(10)6(5(11)2-3)7(15)8(12,13)14/h1-2,7H,15H2. The lowest BCUT2D eigenvalue weighted by Gasteiger charge is -2.17. The summed E-state index contributed by atoms with van der Waals surface area (Å²) >= 11 is 0. The molecule has 1 aromatic rings. The van der Waals surface area contributed by atoms with Gasteiger partial charge in [-0.2, -0.15) is 13.2 Å². The molecule has 0 aliphatic carbocycles. The van der Waals surface area contributed by atoms with E-state index in [1.54, 1.807) is 0 Å². The van der Waals surface area contributed by atoms with Gasteiger partial charge in [0.15, 0.2) is 0 Å². The first-order valence-corrected chi connectivity index (χ1v) is 3.70. The number of hydrogen-bond acceptors (Lipinski definition) is 1. The molecule has 1 atom stereocenters. The van der Waals surface area contributed by atoms with Crippen LogP contribution in [-0.4, -0.2) is 6.18 Å². The molecule has 1 aromatic carbocycles. The zero-order valence-corrected chi connectivity index (χ0v) is 7.08. The monoisotopic (exact) mass is 229 g/mol. The topological polar surface area (TPSA) is 26.0 Å². The Labute approximate surface area is 80.5 Å². The molecule has 84 valence electrons. The predicted octanol–water partition coefficient (Wildman–Crippen LogP) is 2.67. The Kier molecular flexibility index (Phi) is 2.94. The van der Waals surface area contributed by atoms with E-state index in [-0.39, 0.29) is 12.1 Å². The Morgan fingerprint density at radius 3 is 1.73 bits per heavy atom. The van der Waals surface area contributed by atoms with Gasteiger partial charge in [-0.3, -0.25) is 0 Å². The molecular formula is C8H5F6N. The molecule has 1 nitrogen and oxygen atoms in total. The van der Waals surface area contributed by atoms with E-state index in [9.17, 15) is 26.3 Å². The van der Waals surface area contributed by atoms with Gasteiger partial charge in [0, 0.05) is 17.7 Å². The minimum absolute atomic E-state index is 0.143. The van der Waals surface area contributed by atoms with E-state index in [1.807, 2.05) is 0 Å². The van der Waals surface area contributed by atoms with Crippen molar-refractivity contribution in [3.63, 3.8) is 0 Å². The highest BCUT2D eigenvalue weighted by Gasteiger charge is 2.41. The van der Waals surface area contributed by atoms with Crippen molar-refractivity contribution in [1.82, 2.24) is 0 Å². The second kappa shape index (κ2) is 3.73. The van der Waals surface area contributed by atoms with E-state index in [4.69, 9.17) is 0 Å². The summed E-state index contributed by atoms with van der Waals surface area (Å²) in [6.07, 6.45) is -4.99. The van der Waals surface area contributed by atoms with Crippen LogP contribution in [0.15, 0.2) is 12.1 Å². The van der Waals surface area contributed by atoms with Gasteiger partial charge < -0.3 is 5.73 Å². The molecule has 0 heterocycles. The van der Waals surface area contributed by atoms with E-state index in [0.29, 0.717) is 0 Å². The molecule has 0 radical (unpaired) electrons. The smallest absolute Gasteiger partial charge is 0.316 e. The van der Waals surface area contributed by atoms with E-state index in [1.165, 1.54) is 0 Å². The van der Waals surface area contributed by atoms with Gasteiger partial charge in [-0.25, -0.2) is 13.2 Å². The number of hydrogen-bond donors (Lipinski definition) is 1. The zero-order chi connectivity index (χ0) is 11.8. The fraction of sp³-hybridized carbons (Fsp3) is 0.250. The van der Waals surface area contributed by atoms with Crippen LogP contribution >= 0.6 is 0 Å². The molecule has 0 fully saturated rings. The summed E-state index contributed by atoms with van der Waals surface area (Å²) in [5.41, 5.74) is 3.21. The Bertz CT molecular complexity index is 349. The summed E-state index contributed by atoms with van der Waals surface area (Å²) in [4.78, 5) is 0. The van der Waals surface area contributed by atoms with Crippen LogP contribution in [0.3, 0.4) is 0 Å². The third-order valence-corrected chi connectivity index (χ3v) is 1.71. The highest BCUT2D eigenvalue weighted by atomic mass is 19.4. The summed E-state index contributed by atoms with van der Waals surface area (Å²) in [5, 5.41) is 0. The van der Waals surface area contributed by atoms with Crippen molar-refractivity contribution >= 4 is 0 Å². The van der Waals surface area contributed by atoms with E-state index in [0.717, 1.165) is 0 Å². The second-order valence-corrected chi connectivity index (χ2v) is 2.80.